The molecule has 0 aliphatic rings. The summed E-state index contributed by atoms with van der Waals surface area (Å²) in [6.07, 6.45) is 18.3. The molecule has 0 aromatic carbocycles. The van der Waals surface area contributed by atoms with Crippen molar-refractivity contribution in [2.45, 2.75) is 84.5 Å². The molecule has 0 fully saturated rings. The van der Waals surface area contributed by atoms with Crippen LogP contribution in [-0.2, 0) is 0 Å². The van der Waals surface area contributed by atoms with E-state index in [-0.39, 0.29) is 0 Å². The van der Waals surface area contributed by atoms with Gasteiger partial charge in [0, 0.05) is 13.1 Å². The van der Waals surface area contributed by atoms with E-state index < -0.39 is 0 Å². The topological polar surface area (TPSA) is 24.7 Å². The van der Waals surface area contributed by atoms with E-state index in [9.17, 15) is 0 Å². The first-order valence-corrected chi connectivity index (χ1v) is 8.38. The van der Waals surface area contributed by atoms with Gasteiger partial charge in [-0.1, -0.05) is 52.4 Å². The first kappa shape index (κ1) is 18.3. The van der Waals surface area contributed by atoms with Crippen molar-refractivity contribution in [3.63, 3.8) is 0 Å². The summed E-state index contributed by atoms with van der Waals surface area (Å²) in [6, 6.07) is 0. The molecule has 2 heteroatoms. The van der Waals surface area contributed by atoms with Gasteiger partial charge in [0.25, 0.3) is 0 Å². The molecule has 0 heterocycles. The van der Waals surface area contributed by atoms with Crippen molar-refractivity contribution in [1.82, 2.24) is 0 Å². The average Bonchev–Trinajstić information content (AvgIpc) is 2.43. The van der Waals surface area contributed by atoms with Crippen molar-refractivity contribution in [3.05, 3.63) is 0 Å². The molecule has 0 amide bonds. The zero-order chi connectivity index (χ0) is 14.0. The molecule has 0 aromatic rings. The Hall–Kier alpha value is -0.660. The Morgan fingerprint density at radius 2 is 1.05 bits per heavy atom. The predicted octanol–water partition coefficient (Wildman–Crippen LogP) is 5.46. The first-order valence-electron chi connectivity index (χ1n) is 8.38. The fourth-order valence-electron chi connectivity index (χ4n) is 1.94. The number of nitrogens with zero attached hydrogens (tertiary/aromatic N) is 2. The zero-order valence-corrected chi connectivity index (χ0v) is 13.2. The van der Waals surface area contributed by atoms with Crippen LogP contribution in [0.1, 0.15) is 84.5 Å². The fraction of sp³-hybridized carbons (Fsp3) is 0.882. The lowest BCUT2D eigenvalue weighted by atomic mass is 10.2. The van der Waals surface area contributed by atoms with Crippen molar-refractivity contribution in [2.75, 3.05) is 13.1 Å². The van der Waals surface area contributed by atoms with Crippen molar-refractivity contribution in [3.8, 4) is 0 Å². The lowest BCUT2D eigenvalue weighted by Crippen LogP contribution is -1.88. The molecule has 0 saturated carbocycles. The molecule has 0 N–H and O–H groups in total. The zero-order valence-electron chi connectivity index (χ0n) is 13.2. The maximum absolute atomic E-state index is 4.43. The Kier molecular flexibility index (Phi) is 16.7. The Balaban J connectivity index is 3.12. The van der Waals surface area contributed by atoms with E-state index >= 15 is 0 Å². The minimum atomic E-state index is 0.945. The van der Waals surface area contributed by atoms with Crippen molar-refractivity contribution in [1.29, 1.82) is 0 Å². The quantitative estimate of drug-likeness (QED) is 0.295. The van der Waals surface area contributed by atoms with E-state index in [1.54, 1.807) is 0 Å². The molecule has 0 saturated heterocycles. The molecule has 0 spiro atoms. The van der Waals surface area contributed by atoms with Gasteiger partial charge in [0.1, 0.15) is 0 Å². The second kappa shape index (κ2) is 17.3. The van der Waals surface area contributed by atoms with Crippen LogP contribution < -0.4 is 0 Å². The van der Waals surface area contributed by atoms with Gasteiger partial charge in [-0.2, -0.15) is 0 Å². The molecule has 0 aliphatic carbocycles. The van der Waals surface area contributed by atoms with Gasteiger partial charge in [-0.25, -0.2) is 0 Å². The number of hydrogen-bond acceptors (Lipinski definition) is 2. The molecule has 19 heavy (non-hydrogen) atoms. The van der Waals surface area contributed by atoms with Crippen molar-refractivity contribution < 1.29 is 0 Å². The molecule has 2 nitrogen and oxygen atoms in total. The normalized spacial score (nSPS) is 11.9. The predicted molar refractivity (Wildman–Crippen MR) is 88.9 cm³/mol. The summed E-state index contributed by atoms with van der Waals surface area (Å²) >= 11 is 0. The smallest absolute Gasteiger partial charge is 0.0403 e. The van der Waals surface area contributed by atoms with E-state index in [1.165, 1.54) is 51.4 Å². The lowest BCUT2D eigenvalue weighted by molar-refractivity contribution is 0.684. The van der Waals surface area contributed by atoms with Crippen LogP contribution in [0.2, 0.25) is 0 Å². The largest absolute Gasteiger partial charge is 0.297 e. The van der Waals surface area contributed by atoms with E-state index in [1.807, 2.05) is 0 Å². The number of unbranched alkanes of at least 4 members (excludes halogenated alkanes) is 8. The second-order valence-corrected chi connectivity index (χ2v) is 5.23. The van der Waals surface area contributed by atoms with Crippen LogP contribution in [0.25, 0.3) is 0 Å². The summed E-state index contributed by atoms with van der Waals surface area (Å²) in [7, 11) is 0. The Bertz CT molecular complexity index is 187. The van der Waals surface area contributed by atoms with Gasteiger partial charge >= 0.3 is 0 Å². The summed E-state index contributed by atoms with van der Waals surface area (Å²) in [4.78, 5) is 8.86. The highest BCUT2D eigenvalue weighted by molar-refractivity contribution is 5.57. The fourth-order valence-corrected chi connectivity index (χ4v) is 1.94. The third-order valence-corrected chi connectivity index (χ3v) is 3.21. The molecule has 0 radical (unpaired) electrons. The van der Waals surface area contributed by atoms with Crippen molar-refractivity contribution >= 4 is 12.4 Å². The maximum Gasteiger partial charge on any atom is 0.0403 e. The summed E-state index contributed by atoms with van der Waals surface area (Å²) in [5.41, 5.74) is 0. The van der Waals surface area contributed by atoms with Gasteiger partial charge in [-0.3, -0.25) is 9.98 Å². The Morgan fingerprint density at radius 1 is 0.579 bits per heavy atom. The van der Waals surface area contributed by atoms with Crippen LogP contribution in [0.15, 0.2) is 9.98 Å². The van der Waals surface area contributed by atoms with Crippen LogP contribution >= 0.6 is 0 Å². The number of aliphatic imine (C=N–C) groups is 2. The summed E-state index contributed by atoms with van der Waals surface area (Å²) in [6.45, 7) is 6.39. The van der Waals surface area contributed by atoms with Gasteiger partial charge in [-0.05, 0) is 44.5 Å². The lowest BCUT2D eigenvalue weighted by Gasteiger charge is -1.95. The van der Waals surface area contributed by atoms with Gasteiger partial charge in [0.05, 0.1) is 0 Å². The van der Waals surface area contributed by atoms with E-state index in [4.69, 9.17) is 0 Å². The summed E-state index contributed by atoms with van der Waals surface area (Å²) < 4.78 is 0. The standard InChI is InChI=1S/C17H34N2/c1-3-5-7-9-11-14-18-16-13-17-19-15-12-10-8-6-4-2/h14-15H,3-13,16-17H2,1-2H3. The molecule has 112 valence electrons. The second-order valence-electron chi connectivity index (χ2n) is 5.23. The molecular formula is C17H34N2. The maximum atomic E-state index is 4.43. The Morgan fingerprint density at radius 3 is 1.47 bits per heavy atom. The van der Waals surface area contributed by atoms with Crippen LogP contribution in [0.3, 0.4) is 0 Å². The average molecular weight is 266 g/mol. The third-order valence-electron chi connectivity index (χ3n) is 3.21. The molecule has 0 rings (SSSR count). The molecule has 0 unspecified atom stereocenters. The third kappa shape index (κ3) is 17.3. The number of hydrogen-bond donors (Lipinski definition) is 0. The summed E-state index contributed by atoms with van der Waals surface area (Å²) in [5, 5.41) is 0. The minimum absolute atomic E-state index is 0.945. The van der Waals surface area contributed by atoms with Gasteiger partial charge in [0.15, 0.2) is 0 Å². The van der Waals surface area contributed by atoms with Crippen LogP contribution in [0, 0.1) is 0 Å². The van der Waals surface area contributed by atoms with Crippen LogP contribution in [0.5, 0.6) is 0 Å². The van der Waals surface area contributed by atoms with Gasteiger partial charge in [0.2, 0.25) is 0 Å². The number of rotatable bonds is 14. The minimum Gasteiger partial charge on any atom is -0.297 e. The van der Waals surface area contributed by atoms with E-state index in [0.29, 0.717) is 0 Å². The molecule has 0 aliphatic heterocycles. The monoisotopic (exact) mass is 266 g/mol. The molecule has 0 aromatic heterocycles. The SMILES string of the molecule is CCCCCCC=NCCCN=CCCCCCC. The van der Waals surface area contributed by atoms with E-state index in [2.05, 4.69) is 36.3 Å². The van der Waals surface area contributed by atoms with Gasteiger partial charge < -0.3 is 0 Å². The van der Waals surface area contributed by atoms with E-state index in [0.717, 1.165) is 32.4 Å². The van der Waals surface area contributed by atoms with Crippen molar-refractivity contribution in [2.24, 2.45) is 9.98 Å². The van der Waals surface area contributed by atoms with Crippen LogP contribution in [-0.4, -0.2) is 25.5 Å². The Labute approximate surface area is 120 Å². The van der Waals surface area contributed by atoms with Gasteiger partial charge in [-0.15, -0.1) is 0 Å². The molecule has 0 atom stereocenters. The first-order chi connectivity index (χ1) is 9.41. The molecular weight excluding hydrogens is 232 g/mol. The highest BCUT2D eigenvalue weighted by Gasteiger charge is 1.87. The highest BCUT2D eigenvalue weighted by atomic mass is 14.7. The molecule has 0 bridgehead atoms. The van der Waals surface area contributed by atoms with Crippen LogP contribution in [0.4, 0.5) is 0 Å². The summed E-state index contributed by atoms with van der Waals surface area (Å²) in [5.74, 6) is 0. The highest BCUT2D eigenvalue weighted by Crippen LogP contribution is 2.01.